The summed E-state index contributed by atoms with van der Waals surface area (Å²) in [5, 5.41) is 6.56. The van der Waals surface area contributed by atoms with Crippen LogP contribution in [0.25, 0.3) is 0 Å². The van der Waals surface area contributed by atoms with Crippen molar-refractivity contribution in [2.45, 2.75) is 0 Å². The van der Waals surface area contributed by atoms with Gasteiger partial charge in [0.1, 0.15) is 5.82 Å². The van der Waals surface area contributed by atoms with Crippen LogP contribution in [0.3, 0.4) is 0 Å². The van der Waals surface area contributed by atoms with Crippen molar-refractivity contribution in [3.05, 3.63) is 64.8 Å². The first-order valence-electron chi connectivity index (χ1n) is 9.77. The van der Waals surface area contributed by atoms with E-state index >= 15 is 0 Å². The number of nitrogens with zero attached hydrogens (tertiary/aromatic N) is 4. The number of benzene rings is 2. The Morgan fingerprint density at radius 3 is 2.50 bits per heavy atom. The maximum Gasteiger partial charge on any atom is 0.229 e. The quantitative estimate of drug-likeness (QED) is 0.545. The minimum Gasteiger partial charge on any atom is -0.369 e. The molecule has 2 N–H and O–H groups in total. The van der Waals surface area contributed by atoms with Crippen LogP contribution in [0.1, 0.15) is 5.56 Å². The summed E-state index contributed by atoms with van der Waals surface area (Å²) in [4.78, 5) is 13.7. The van der Waals surface area contributed by atoms with Crippen molar-refractivity contribution in [1.82, 2.24) is 14.9 Å². The van der Waals surface area contributed by atoms with Gasteiger partial charge < -0.3 is 20.4 Å². The average Bonchev–Trinajstić information content (AvgIpc) is 2.77. The van der Waals surface area contributed by atoms with Gasteiger partial charge in [0.2, 0.25) is 5.95 Å². The van der Waals surface area contributed by atoms with Gasteiger partial charge in [0.05, 0.1) is 4.47 Å². The molecule has 0 spiro atoms. The third kappa shape index (κ3) is 4.90. The number of hydrogen-bond donors (Lipinski definition) is 2. The Labute approximate surface area is 185 Å². The summed E-state index contributed by atoms with van der Waals surface area (Å²) in [6.07, 6.45) is 7.21. The van der Waals surface area contributed by atoms with Gasteiger partial charge in [-0.3, -0.25) is 0 Å². The van der Waals surface area contributed by atoms with Gasteiger partial charge in [-0.25, -0.2) is 4.98 Å². The number of likely N-dealkylation sites (N-methyl/N-ethyl adjacent to an activating group) is 1. The van der Waals surface area contributed by atoms with E-state index in [4.69, 9.17) is 6.42 Å². The van der Waals surface area contributed by atoms with Gasteiger partial charge in [-0.1, -0.05) is 12.0 Å². The molecule has 0 amide bonds. The highest BCUT2D eigenvalue weighted by Gasteiger charge is 2.14. The van der Waals surface area contributed by atoms with Crippen molar-refractivity contribution in [2.24, 2.45) is 0 Å². The van der Waals surface area contributed by atoms with Crippen LogP contribution in [0.4, 0.5) is 28.8 Å². The van der Waals surface area contributed by atoms with Gasteiger partial charge >= 0.3 is 0 Å². The number of aromatic nitrogens is 2. The van der Waals surface area contributed by atoms with Gasteiger partial charge in [0, 0.05) is 55.0 Å². The molecule has 1 aliphatic heterocycles. The number of halogens is 1. The Morgan fingerprint density at radius 2 is 1.77 bits per heavy atom. The summed E-state index contributed by atoms with van der Waals surface area (Å²) in [6, 6.07) is 16.0. The molecule has 1 fully saturated rings. The molecule has 7 heteroatoms. The molecule has 1 saturated heterocycles. The minimum atomic E-state index is 0.515. The largest absolute Gasteiger partial charge is 0.369 e. The highest BCUT2D eigenvalue weighted by atomic mass is 79.9. The van der Waals surface area contributed by atoms with Crippen molar-refractivity contribution in [1.29, 1.82) is 0 Å². The molecule has 2 heterocycles. The van der Waals surface area contributed by atoms with E-state index in [1.54, 1.807) is 6.20 Å². The Bertz CT molecular complexity index is 1050. The zero-order chi connectivity index (χ0) is 20.9. The second-order valence-corrected chi connectivity index (χ2v) is 8.06. The van der Waals surface area contributed by atoms with Crippen LogP contribution < -0.4 is 15.5 Å². The van der Waals surface area contributed by atoms with E-state index in [0.29, 0.717) is 11.8 Å². The third-order valence-corrected chi connectivity index (χ3v) is 5.61. The summed E-state index contributed by atoms with van der Waals surface area (Å²) in [6.45, 7) is 4.28. The van der Waals surface area contributed by atoms with Gasteiger partial charge in [0.25, 0.3) is 0 Å². The molecule has 0 unspecified atom stereocenters. The van der Waals surface area contributed by atoms with E-state index in [1.807, 2.05) is 24.3 Å². The van der Waals surface area contributed by atoms with Gasteiger partial charge in [-0.05, 0) is 65.4 Å². The van der Waals surface area contributed by atoms with E-state index < -0.39 is 0 Å². The molecule has 0 saturated carbocycles. The van der Waals surface area contributed by atoms with Crippen LogP contribution in [0.15, 0.2) is 59.2 Å². The molecule has 0 aliphatic carbocycles. The molecule has 4 rings (SSSR count). The standard InChI is InChI=1S/C23H23BrN6/c1-3-17-5-4-6-19(15-17)26-22-21(24)16-25-23(28-22)27-18-7-9-20(10-8-18)30-13-11-29(2)12-14-30/h1,4-10,15-16H,11-14H2,2H3,(H2,25,26,27,28). The lowest BCUT2D eigenvalue weighted by Crippen LogP contribution is -2.44. The number of terminal acetylenes is 1. The Hall–Kier alpha value is -3.08. The molecule has 1 aromatic heterocycles. The van der Waals surface area contributed by atoms with E-state index in [2.05, 4.69) is 83.6 Å². The summed E-state index contributed by atoms with van der Waals surface area (Å²) < 4.78 is 0.768. The fourth-order valence-corrected chi connectivity index (χ4v) is 3.58. The highest BCUT2D eigenvalue weighted by molar-refractivity contribution is 9.10. The van der Waals surface area contributed by atoms with Crippen LogP contribution in [-0.4, -0.2) is 48.1 Å². The monoisotopic (exact) mass is 462 g/mol. The van der Waals surface area contributed by atoms with Crippen molar-refractivity contribution in [2.75, 3.05) is 48.8 Å². The Balaban J connectivity index is 1.46. The van der Waals surface area contributed by atoms with E-state index in [9.17, 15) is 0 Å². The second kappa shape index (κ2) is 9.16. The first-order valence-corrected chi connectivity index (χ1v) is 10.6. The first-order chi connectivity index (χ1) is 14.6. The Kier molecular flexibility index (Phi) is 6.17. The normalized spacial score (nSPS) is 14.2. The summed E-state index contributed by atoms with van der Waals surface area (Å²) in [5.41, 5.74) is 3.85. The highest BCUT2D eigenvalue weighted by Crippen LogP contribution is 2.26. The number of nitrogens with one attached hydrogen (secondary N) is 2. The Morgan fingerprint density at radius 1 is 1.00 bits per heavy atom. The maximum absolute atomic E-state index is 5.49. The molecule has 2 aromatic carbocycles. The number of piperazine rings is 1. The molecule has 0 radical (unpaired) electrons. The van der Waals surface area contributed by atoms with Crippen molar-refractivity contribution in [3.63, 3.8) is 0 Å². The van der Waals surface area contributed by atoms with Crippen LogP contribution >= 0.6 is 15.9 Å². The average molecular weight is 463 g/mol. The molecule has 30 heavy (non-hydrogen) atoms. The summed E-state index contributed by atoms with van der Waals surface area (Å²) in [5.74, 6) is 3.82. The molecule has 3 aromatic rings. The van der Waals surface area contributed by atoms with E-state index in [-0.39, 0.29) is 0 Å². The third-order valence-electron chi connectivity index (χ3n) is 5.03. The SMILES string of the molecule is C#Cc1cccc(Nc2nc(Nc3ccc(N4CCN(C)CC4)cc3)ncc2Br)c1. The molecule has 1 aliphatic rings. The summed E-state index contributed by atoms with van der Waals surface area (Å²) >= 11 is 3.50. The lowest BCUT2D eigenvalue weighted by Gasteiger charge is -2.34. The van der Waals surface area contributed by atoms with Gasteiger partial charge in [-0.2, -0.15) is 4.98 Å². The lowest BCUT2D eigenvalue weighted by atomic mass is 10.2. The van der Waals surface area contributed by atoms with Crippen molar-refractivity contribution < 1.29 is 0 Å². The number of anilines is 5. The fourth-order valence-electron chi connectivity index (χ4n) is 3.29. The predicted molar refractivity (Wildman–Crippen MR) is 127 cm³/mol. The lowest BCUT2D eigenvalue weighted by molar-refractivity contribution is 0.313. The zero-order valence-corrected chi connectivity index (χ0v) is 18.4. The van der Waals surface area contributed by atoms with Gasteiger partial charge in [-0.15, -0.1) is 6.42 Å². The molecule has 0 atom stereocenters. The first kappa shape index (κ1) is 20.2. The minimum absolute atomic E-state index is 0.515. The van der Waals surface area contributed by atoms with Crippen LogP contribution in [0, 0.1) is 12.3 Å². The fraction of sp³-hybridized carbons (Fsp3) is 0.217. The van der Waals surface area contributed by atoms with Crippen LogP contribution in [0.5, 0.6) is 0 Å². The van der Waals surface area contributed by atoms with Crippen LogP contribution in [0.2, 0.25) is 0 Å². The maximum atomic E-state index is 5.49. The molecule has 0 bridgehead atoms. The smallest absolute Gasteiger partial charge is 0.229 e. The van der Waals surface area contributed by atoms with E-state index in [1.165, 1.54) is 5.69 Å². The van der Waals surface area contributed by atoms with E-state index in [0.717, 1.165) is 47.6 Å². The molecule has 152 valence electrons. The number of rotatable bonds is 5. The van der Waals surface area contributed by atoms with Crippen molar-refractivity contribution in [3.8, 4) is 12.3 Å². The second-order valence-electron chi connectivity index (χ2n) is 7.20. The number of hydrogen-bond acceptors (Lipinski definition) is 6. The molecular weight excluding hydrogens is 440 g/mol. The predicted octanol–water partition coefficient (Wildman–Crippen LogP) is 4.46. The van der Waals surface area contributed by atoms with Crippen LogP contribution in [-0.2, 0) is 0 Å². The van der Waals surface area contributed by atoms with Crippen molar-refractivity contribution >= 4 is 44.8 Å². The molecule has 6 nitrogen and oxygen atoms in total. The summed E-state index contributed by atoms with van der Waals surface area (Å²) in [7, 11) is 2.16. The zero-order valence-electron chi connectivity index (χ0n) is 16.8. The van der Waals surface area contributed by atoms with Gasteiger partial charge in [0.15, 0.2) is 0 Å². The topological polar surface area (TPSA) is 56.3 Å². The molecular formula is C23H23BrN6.